The maximum absolute atomic E-state index is 11.6. The molecule has 1 saturated carbocycles. The number of benzene rings is 1. The van der Waals surface area contributed by atoms with Crippen molar-refractivity contribution in [3.05, 3.63) is 54.0 Å². The number of nitrogens with one attached hydrogen (secondary N) is 1. The molecule has 148 valence electrons. The van der Waals surface area contributed by atoms with E-state index in [1.807, 2.05) is 17.8 Å². The minimum Gasteiger partial charge on any atom is -0.478 e. The van der Waals surface area contributed by atoms with Gasteiger partial charge in [-0.3, -0.25) is 9.48 Å². The average Bonchev–Trinajstić information content (AvgIpc) is 3.18. The first-order valence-corrected chi connectivity index (χ1v) is 9.50. The third-order valence-corrected chi connectivity index (χ3v) is 5.13. The maximum Gasteiger partial charge on any atom is 0.336 e. The van der Waals surface area contributed by atoms with Gasteiger partial charge in [0.2, 0.25) is 5.95 Å². The SMILES string of the molecule is Cc1cnc(Nc2cnn(C3CCC(=O)CC3)c2)nc1-c1ccccc1C(=O)O. The van der Waals surface area contributed by atoms with Crippen molar-refractivity contribution in [2.75, 3.05) is 5.32 Å². The zero-order valence-electron chi connectivity index (χ0n) is 16.0. The minimum absolute atomic E-state index is 0.194. The topological polar surface area (TPSA) is 110 Å². The molecule has 3 aromatic rings. The van der Waals surface area contributed by atoms with Crippen molar-refractivity contribution < 1.29 is 14.7 Å². The number of ketones is 1. The second kappa shape index (κ2) is 7.83. The van der Waals surface area contributed by atoms with Crippen molar-refractivity contribution in [2.45, 2.75) is 38.6 Å². The summed E-state index contributed by atoms with van der Waals surface area (Å²) in [4.78, 5) is 31.9. The van der Waals surface area contributed by atoms with E-state index in [0.717, 1.165) is 24.1 Å². The van der Waals surface area contributed by atoms with E-state index in [2.05, 4.69) is 20.4 Å². The molecule has 0 aliphatic heterocycles. The third-order valence-electron chi connectivity index (χ3n) is 5.13. The smallest absolute Gasteiger partial charge is 0.336 e. The van der Waals surface area contributed by atoms with Gasteiger partial charge >= 0.3 is 5.97 Å². The zero-order valence-corrected chi connectivity index (χ0v) is 16.0. The highest BCUT2D eigenvalue weighted by molar-refractivity contribution is 5.95. The molecule has 0 spiro atoms. The second-order valence-electron chi connectivity index (χ2n) is 7.18. The van der Waals surface area contributed by atoms with Gasteiger partial charge in [0, 0.05) is 30.8 Å². The molecule has 0 atom stereocenters. The first kappa shape index (κ1) is 18.8. The molecular formula is C21H21N5O3. The van der Waals surface area contributed by atoms with Gasteiger partial charge in [0.05, 0.1) is 29.2 Å². The summed E-state index contributed by atoms with van der Waals surface area (Å²) in [6.07, 6.45) is 8.05. The van der Waals surface area contributed by atoms with Gasteiger partial charge in [-0.2, -0.15) is 5.10 Å². The fourth-order valence-electron chi connectivity index (χ4n) is 3.57. The van der Waals surface area contributed by atoms with Crippen molar-refractivity contribution in [3.63, 3.8) is 0 Å². The summed E-state index contributed by atoms with van der Waals surface area (Å²) in [5, 5.41) is 17.0. The molecule has 0 amide bonds. The highest BCUT2D eigenvalue weighted by Crippen LogP contribution is 2.28. The fraction of sp³-hybridized carbons (Fsp3) is 0.286. The summed E-state index contributed by atoms with van der Waals surface area (Å²) in [7, 11) is 0. The summed E-state index contributed by atoms with van der Waals surface area (Å²) in [6.45, 7) is 1.85. The first-order valence-electron chi connectivity index (χ1n) is 9.50. The number of anilines is 2. The van der Waals surface area contributed by atoms with Crippen LogP contribution >= 0.6 is 0 Å². The summed E-state index contributed by atoms with van der Waals surface area (Å²) in [6, 6.07) is 7.00. The lowest BCUT2D eigenvalue weighted by Gasteiger charge is -2.21. The number of carboxylic acid groups (broad SMARTS) is 1. The number of hydrogen-bond acceptors (Lipinski definition) is 6. The van der Waals surface area contributed by atoms with Crippen LogP contribution in [0.5, 0.6) is 0 Å². The molecule has 1 aromatic carbocycles. The Hall–Kier alpha value is -3.55. The van der Waals surface area contributed by atoms with Crippen molar-refractivity contribution in [3.8, 4) is 11.3 Å². The van der Waals surface area contributed by atoms with Gasteiger partial charge in [0.25, 0.3) is 0 Å². The molecule has 0 unspecified atom stereocenters. The summed E-state index contributed by atoms with van der Waals surface area (Å²) in [5.41, 5.74) is 2.83. The number of Topliss-reactive ketones (excluding diaryl/α,β-unsaturated/α-hetero) is 1. The van der Waals surface area contributed by atoms with Crippen LogP contribution in [0.2, 0.25) is 0 Å². The molecule has 29 heavy (non-hydrogen) atoms. The molecule has 0 bridgehead atoms. The Morgan fingerprint density at radius 3 is 2.72 bits per heavy atom. The quantitative estimate of drug-likeness (QED) is 0.681. The normalized spacial score (nSPS) is 14.7. The van der Waals surface area contributed by atoms with E-state index in [1.54, 1.807) is 36.7 Å². The lowest BCUT2D eigenvalue weighted by atomic mass is 9.95. The molecule has 8 heteroatoms. The molecule has 1 aliphatic rings. The van der Waals surface area contributed by atoms with Crippen LogP contribution in [0, 0.1) is 6.92 Å². The molecule has 2 heterocycles. The van der Waals surface area contributed by atoms with Gasteiger partial charge < -0.3 is 10.4 Å². The number of carboxylic acids is 1. The van der Waals surface area contributed by atoms with E-state index >= 15 is 0 Å². The van der Waals surface area contributed by atoms with E-state index in [1.165, 1.54) is 0 Å². The highest BCUT2D eigenvalue weighted by Gasteiger charge is 2.21. The molecule has 8 nitrogen and oxygen atoms in total. The van der Waals surface area contributed by atoms with Crippen molar-refractivity contribution in [1.82, 2.24) is 19.7 Å². The monoisotopic (exact) mass is 391 g/mol. The van der Waals surface area contributed by atoms with Crippen molar-refractivity contribution in [1.29, 1.82) is 0 Å². The van der Waals surface area contributed by atoms with E-state index in [0.29, 0.717) is 35.8 Å². The Balaban J connectivity index is 1.58. The number of rotatable bonds is 5. The minimum atomic E-state index is -1.000. The lowest BCUT2D eigenvalue weighted by Crippen LogP contribution is -2.18. The highest BCUT2D eigenvalue weighted by atomic mass is 16.4. The van der Waals surface area contributed by atoms with Crippen LogP contribution in [0.1, 0.15) is 47.6 Å². The Morgan fingerprint density at radius 1 is 1.21 bits per heavy atom. The van der Waals surface area contributed by atoms with Crippen LogP contribution < -0.4 is 5.32 Å². The van der Waals surface area contributed by atoms with Gasteiger partial charge in [0.15, 0.2) is 0 Å². The molecule has 0 radical (unpaired) electrons. The largest absolute Gasteiger partial charge is 0.478 e. The molecule has 1 fully saturated rings. The predicted octanol–water partition coefficient (Wildman–Crippen LogP) is 3.77. The molecule has 2 N–H and O–H groups in total. The lowest BCUT2D eigenvalue weighted by molar-refractivity contribution is -0.120. The van der Waals surface area contributed by atoms with Crippen molar-refractivity contribution in [2.24, 2.45) is 0 Å². The van der Waals surface area contributed by atoms with Gasteiger partial charge in [-0.25, -0.2) is 14.8 Å². The number of aryl methyl sites for hydroxylation is 1. The van der Waals surface area contributed by atoms with E-state index in [-0.39, 0.29) is 11.6 Å². The number of carbonyl (C=O) groups excluding carboxylic acids is 1. The van der Waals surface area contributed by atoms with Crippen LogP contribution in [0.15, 0.2) is 42.9 Å². The van der Waals surface area contributed by atoms with Gasteiger partial charge in [-0.15, -0.1) is 0 Å². The average molecular weight is 391 g/mol. The molecule has 1 aliphatic carbocycles. The van der Waals surface area contributed by atoms with Gasteiger partial charge in [0.1, 0.15) is 5.78 Å². The Labute approximate surface area is 167 Å². The Kier molecular flexibility index (Phi) is 5.07. The van der Waals surface area contributed by atoms with E-state index in [4.69, 9.17) is 0 Å². The van der Waals surface area contributed by atoms with E-state index < -0.39 is 5.97 Å². The van der Waals surface area contributed by atoms with Crippen molar-refractivity contribution >= 4 is 23.4 Å². The molecule has 4 rings (SSSR count). The number of carbonyl (C=O) groups is 2. The summed E-state index contributed by atoms with van der Waals surface area (Å²) >= 11 is 0. The zero-order chi connectivity index (χ0) is 20.4. The summed E-state index contributed by atoms with van der Waals surface area (Å²) in [5.74, 6) is -0.321. The Bertz CT molecular complexity index is 1070. The number of aromatic carboxylic acids is 1. The second-order valence-corrected chi connectivity index (χ2v) is 7.18. The number of nitrogens with zero attached hydrogens (tertiary/aromatic N) is 4. The molecule has 0 saturated heterocycles. The van der Waals surface area contributed by atoms with Gasteiger partial charge in [-0.1, -0.05) is 18.2 Å². The van der Waals surface area contributed by atoms with Crippen LogP contribution in [0.4, 0.5) is 11.6 Å². The van der Waals surface area contributed by atoms with Crippen LogP contribution in [-0.4, -0.2) is 36.6 Å². The van der Waals surface area contributed by atoms with Crippen LogP contribution in [0.3, 0.4) is 0 Å². The molecule has 2 aromatic heterocycles. The first-order chi connectivity index (χ1) is 14.0. The number of hydrogen-bond donors (Lipinski definition) is 2. The third kappa shape index (κ3) is 4.01. The predicted molar refractivity (Wildman–Crippen MR) is 107 cm³/mol. The fourth-order valence-corrected chi connectivity index (χ4v) is 3.57. The number of aromatic nitrogens is 4. The van der Waals surface area contributed by atoms with Gasteiger partial charge in [-0.05, 0) is 31.4 Å². The van der Waals surface area contributed by atoms with E-state index in [9.17, 15) is 14.7 Å². The summed E-state index contributed by atoms with van der Waals surface area (Å²) < 4.78 is 1.88. The molecular weight excluding hydrogens is 370 g/mol. The maximum atomic E-state index is 11.6. The Morgan fingerprint density at radius 2 is 1.97 bits per heavy atom. The van der Waals surface area contributed by atoms with Crippen LogP contribution in [-0.2, 0) is 4.79 Å². The van der Waals surface area contributed by atoms with Crippen LogP contribution in [0.25, 0.3) is 11.3 Å². The standard InChI is InChI=1S/C21H21N5O3/c1-13-10-22-21(25-19(13)17-4-2-3-5-18(17)20(28)29)24-14-11-23-26(12-14)15-6-8-16(27)9-7-15/h2-5,10-12,15H,6-9H2,1H3,(H,28,29)(H,22,24,25).